The lowest BCUT2D eigenvalue weighted by Gasteiger charge is -2.15. The number of nitrogens with zero attached hydrogens (tertiary/aromatic N) is 3. The number of rotatable bonds is 4. The quantitative estimate of drug-likeness (QED) is 0.678. The van der Waals surface area contributed by atoms with Crippen LogP contribution in [0.3, 0.4) is 0 Å². The average Bonchev–Trinajstić information content (AvgIpc) is 2.97. The SMILES string of the molecule is CCn1nnc2cc(C(=O)O[C@H](C)c3ccccc3Cl)ccc21. The summed E-state index contributed by atoms with van der Waals surface area (Å²) in [5, 5.41) is 8.68. The number of hydrogen-bond acceptors (Lipinski definition) is 4. The minimum Gasteiger partial charge on any atom is -0.454 e. The third kappa shape index (κ3) is 3.05. The second-order valence-corrected chi connectivity index (χ2v) is 5.58. The molecule has 118 valence electrons. The van der Waals surface area contributed by atoms with E-state index in [2.05, 4.69) is 10.3 Å². The highest BCUT2D eigenvalue weighted by molar-refractivity contribution is 6.31. The van der Waals surface area contributed by atoms with Crippen LogP contribution in [0.2, 0.25) is 5.02 Å². The van der Waals surface area contributed by atoms with E-state index in [1.54, 1.807) is 29.8 Å². The van der Waals surface area contributed by atoms with Gasteiger partial charge in [0.05, 0.1) is 11.1 Å². The Morgan fingerprint density at radius 2 is 2.09 bits per heavy atom. The molecule has 0 N–H and O–H groups in total. The number of aromatic nitrogens is 3. The standard InChI is InChI=1S/C17H16ClN3O2/c1-3-21-16-9-8-12(10-15(16)19-20-21)17(22)23-11(2)13-6-4-5-7-14(13)18/h4-11H,3H2,1-2H3/t11-/m1/s1. The minimum absolute atomic E-state index is 0.412. The molecule has 3 aromatic rings. The molecule has 0 radical (unpaired) electrons. The molecule has 6 heteroatoms. The number of carbonyl (C=O) groups is 1. The Morgan fingerprint density at radius 3 is 2.83 bits per heavy atom. The van der Waals surface area contributed by atoms with Crippen LogP contribution < -0.4 is 0 Å². The second-order valence-electron chi connectivity index (χ2n) is 5.18. The van der Waals surface area contributed by atoms with E-state index in [9.17, 15) is 4.79 Å². The summed E-state index contributed by atoms with van der Waals surface area (Å²) in [5.41, 5.74) is 2.79. The average molecular weight is 330 g/mol. The maximum absolute atomic E-state index is 12.3. The zero-order chi connectivity index (χ0) is 16.4. The maximum Gasteiger partial charge on any atom is 0.338 e. The molecule has 0 aliphatic rings. The lowest BCUT2D eigenvalue weighted by Crippen LogP contribution is -2.09. The topological polar surface area (TPSA) is 57.0 Å². The fraction of sp³-hybridized carbons (Fsp3) is 0.235. The van der Waals surface area contributed by atoms with Crippen LogP contribution in [-0.4, -0.2) is 21.0 Å². The number of carbonyl (C=O) groups excluding carboxylic acids is 1. The van der Waals surface area contributed by atoms with Crippen LogP contribution in [0, 0.1) is 0 Å². The van der Waals surface area contributed by atoms with Crippen molar-refractivity contribution < 1.29 is 9.53 Å². The van der Waals surface area contributed by atoms with Crippen molar-refractivity contribution >= 4 is 28.6 Å². The van der Waals surface area contributed by atoms with Crippen LogP contribution in [0.4, 0.5) is 0 Å². The van der Waals surface area contributed by atoms with Crippen LogP contribution in [0.5, 0.6) is 0 Å². The Morgan fingerprint density at radius 1 is 1.30 bits per heavy atom. The summed E-state index contributed by atoms with van der Waals surface area (Å²) >= 11 is 6.13. The van der Waals surface area contributed by atoms with Crippen molar-refractivity contribution in [3.05, 3.63) is 58.6 Å². The first-order chi connectivity index (χ1) is 11.1. The first-order valence-electron chi connectivity index (χ1n) is 7.38. The van der Waals surface area contributed by atoms with E-state index in [-0.39, 0.29) is 0 Å². The van der Waals surface area contributed by atoms with E-state index < -0.39 is 12.1 Å². The van der Waals surface area contributed by atoms with Crippen LogP contribution in [-0.2, 0) is 11.3 Å². The smallest absolute Gasteiger partial charge is 0.338 e. The predicted molar refractivity (Wildman–Crippen MR) is 88.5 cm³/mol. The molecule has 0 amide bonds. The second kappa shape index (κ2) is 6.38. The molecule has 0 aliphatic carbocycles. The number of halogens is 1. The van der Waals surface area contributed by atoms with Gasteiger partial charge in [0.25, 0.3) is 0 Å². The highest BCUT2D eigenvalue weighted by atomic mass is 35.5. The van der Waals surface area contributed by atoms with Crippen molar-refractivity contribution in [3.8, 4) is 0 Å². The number of ether oxygens (including phenoxy) is 1. The Balaban J connectivity index is 1.82. The van der Waals surface area contributed by atoms with Gasteiger partial charge in [-0.25, -0.2) is 9.48 Å². The third-order valence-electron chi connectivity index (χ3n) is 3.68. The molecule has 0 saturated carbocycles. The molecule has 0 aliphatic heterocycles. The fourth-order valence-electron chi connectivity index (χ4n) is 2.43. The van der Waals surface area contributed by atoms with E-state index in [0.29, 0.717) is 16.1 Å². The molecule has 5 nitrogen and oxygen atoms in total. The Bertz CT molecular complexity index is 860. The first-order valence-corrected chi connectivity index (χ1v) is 7.76. The van der Waals surface area contributed by atoms with Gasteiger partial charge in [0.1, 0.15) is 11.6 Å². The molecule has 0 fully saturated rings. The van der Waals surface area contributed by atoms with E-state index in [4.69, 9.17) is 16.3 Å². The van der Waals surface area contributed by atoms with E-state index >= 15 is 0 Å². The van der Waals surface area contributed by atoms with E-state index in [1.165, 1.54) is 0 Å². The summed E-state index contributed by atoms with van der Waals surface area (Å²) in [4.78, 5) is 12.3. The van der Waals surface area contributed by atoms with Crippen molar-refractivity contribution in [2.75, 3.05) is 0 Å². The summed E-state index contributed by atoms with van der Waals surface area (Å²) in [6, 6.07) is 12.6. The van der Waals surface area contributed by atoms with E-state index in [0.717, 1.165) is 17.6 Å². The molecule has 1 atom stereocenters. The molecule has 0 bridgehead atoms. The van der Waals surface area contributed by atoms with Gasteiger partial charge in [0, 0.05) is 17.1 Å². The summed E-state index contributed by atoms with van der Waals surface area (Å²) in [6.45, 7) is 4.51. The zero-order valence-corrected chi connectivity index (χ0v) is 13.6. The van der Waals surface area contributed by atoms with Crippen molar-refractivity contribution in [2.45, 2.75) is 26.5 Å². The molecular weight excluding hydrogens is 314 g/mol. The first kappa shape index (κ1) is 15.5. The highest BCUT2D eigenvalue weighted by Crippen LogP contribution is 2.26. The maximum atomic E-state index is 12.3. The summed E-state index contributed by atoms with van der Waals surface area (Å²) in [6.07, 6.45) is -0.432. The van der Waals surface area contributed by atoms with Gasteiger partial charge in [-0.1, -0.05) is 35.0 Å². The fourth-order valence-corrected chi connectivity index (χ4v) is 2.72. The number of esters is 1. The monoisotopic (exact) mass is 329 g/mol. The number of hydrogen-bond donors (Lipinski definition) is 0. The van der Waals surface area contributed by atoms with Gasteiger partial charge in [-0.05, 0) is 38.1 Å². The molecule has 0 saturated heterocycles. The van der Waals surface area contributed by atoms with Crippen molar-refractivity contribution in [3.63, 3.8) is 0 Å². The lowest BCUT2D eigenvalue weighted by atomic mass is 10.1. The van der Waals surface area contributed by atoms with Gasteiger partial charge in [-0.2, -0.15) is 0 Å². The highest BCUT2D eigenvalue weighted by Gasteiger charge is 2.17. The summed E-state index contributed by atoms with van der Waals surface area (Å²) in [5.74, 6) is -0.412. The van der Waals surface area contributed by atoms with Crippen molar-refractivity contribution in [1.29, 1.82) is 0 Å². The lowest BCUT2D eigenvalue weighted by molar-refractivity contribution is 0.0338. The van der Waals surface area contributed by atoms with Crippen molar-refractivity contribution in [2.24, 2.45) is 0 Å². The number of benzene rings is 2. The molecule has 23 heavy (non-hydrogen) atoms. The Kier molecular flexibility index (Phi) is 4.30. The minimum atomic E-state index is -0.432. The Labute approximate surface area is 138 Å². The van der Waals surface area contributed by atoms with Crippen LogP contribution in [0.1, 0.15) is 35.9 Å². The van der Waals surface area contributed by atoms with Crippen LogP contribution in [0.25, 0.3) is 11.0 Å². The van der Waals surface area contributed by atoms with Crippen LogP contribution in [0.15, 0.2) is 42.5 Å². The third-order valence-corrected chi connectivity index (χ3v) is 4.02. The van der Waals surface area contributed by atoms with Gasteiger partial charge in [-0.15, -0.1) is 5.10 Å². The molecule has 0 unspecified atom stereocenters. The van der Waals surface area contributed by atoms with Crippen molar-refractivity contribution in [1.82, 2.24) is 15.0 Å². The molecule has 1 heterocycles. The normalized spacial score (nSPS) is 12.3. The van der Waals surface area contributed by atoms with Gasteiger partial charge < -0.3 is 4.74 Å². The van der Waals surface area contributed by atoms with Gasteiger partial charge >= 0.3 is 5.97 Å². The van der Waals surface area contributed by atoms with Crippen LogP contribution >= 0.6 is 11.6 Å². The molecule has 3 rings (SSSR count). The molecule has 1 aromatic heterocycles. The van der Waals surface area contributed by atoms with E-state index in [1.807, 2.05) is 31.2 Å². The Hall–Kier alpha value is -2.40. The van der Waals surface area contributed by atoms with Gasteiger partial charge in [0.15, 0.2) is 0 Å². The van der Waals surface area contributed by atoms with Gasteiger partial charge in [0.2, 0.25) is 0 Å². The summed E-state index contributed by atoms with van der Waals surface area (Å²) < 4.78 is 7.28. The molecule has 0 spiro atoms. The molecule has 2 aromatic carbocycles. The largest absolute Gasteiger partial charge is 0.454 e. The molecular formula is C17H16ClN3O2. The predicted octanol–water partition coefficient (Wildman–Crippen LogP) is 4.02. The zero-order valence-electron chi connectivity index (χ0n) is 12.9. The summed E-state index contributed by atoms with van der Waals surface area (Å²) in [7, 11) is 0. The van der Waals surface area contributed by atoms with Gasteiger partial charge in [-0.3, -0.25) is 0 Å². The number of fused-ring (bicyclic) bond motifs is 1. The number of aryl methyl sites for hydroxylation is 1.